The third kappa shape index (κ3) is 10.3. The monoisotopic (exact) mass is 481 g/mol. The number of aromatic nitrogens is 1. The van der Waals surface area contributed by atoms with Gasteiger partial charge >= 0.3 is 0 Å². The number of ether oxygens (including phenoxy) is 1. The number of rotatable bonds is 12. The Hall–Kier alpha value is -0.870. The van der Waals surface area contributed by atoms with E-state index >= 15 is 0 Å². The second-order valence-electron chi connectivity index (χ2n) is 6.24. The first-order valence-electron chi connectivity index (χ1n) is 9.19. The molecule has 0 aromatic carbocycles. The van der Waals surface area contributed by atoms with Crippen LogP contribution in [0.4, 0.5) is 0 Å². The summed E-state index contributed by atoms with van der Waals surface area (Å²) in [5.41, 5.74) is 2.20. The summed E-state index contributed by atoms with van der Waals surface area (Å²) in [6.45, 7) is 11.4. The number of methoxy groups -OCH3 is 1. The van der Waals surface area contributed by atoms with Crippen molar-refractivity contribution in [3.63, 3.8) is 0 Å². The van der Waals surface area contributed by atoms with E-state index in [1.165, 1.54) is 5.56 Å². The lowest BCUT2D eigenvalue weighted by Gasteiger charge is -2.18. The molecule has 0 aliphatic rings. The molecule has 0 bridgehead atoms. The summed E-state index contributed by atoms with van der Waals surface area (Å²) < 4.78 is 10.3. The molecule has 152 valence electrons. The standard InChI is InChI=1S/C18H35N5O2.HI/c1-6-19-18(21-11-13-23(4)12-8-14-24-5)20-10-7-9-17-15(2)22-25-16(17)3;/h6-14H2,1-5H3,(H2,19,20,21);1H. The highest BCUT2D eigenvalue weighted by atomic mass is 127. The van der Waals surface area contributed by atoms with Crippen molar-refractivity contribution in [3.05, 3.63) is 17.0 Å². The Balaban J connectivity index is 0.00000625. The van der Waals surface area contributed by atoms with Gasteiger partial charge in [-0.05, 0) is 47.1 Å². The molecule has 26 heavy (non-hydrogen) atoms. The first-order chi connectivity index (χ1) is 12.1. The van der Waals surface area contributed by atoms with Crippen LogP contribution in [0.5, 0.6) is 0 Å². The van der Waals surface area contributed by atoms with Crippen LogP contribution in [0.25, 0.3) is 0 Å². The maximum atomic E-state index is 5.20. The Kier molecular flexibility index (Phi) is 14.7. The van der Waals surface area contributed by atoms with E-state index in [9.17, 15) is 0 Å². The molecule has 0 saturated carbocycles. The predicted octanol–water partition coefficient (Wildman–Crippen LogP) is 2.37. The number of likely N-dealkylation sites (N-methyl/N-ethyl adjacent to an activating group) is 1. The molecule has 1 rings (SSSR count). The summed E-state index contributed by atoms with van der Waals surface area (Å²) in [7, 11) is 3.87. The Morgan fingerprint density at radius 2 is 2.00 bits per heavy atom. The van der Waals surface area contributed by atoms with Gasteiger partial charge < -0.3 is 24.8 Å². The van der Waals surface area contributed by atoms with E-state index in [1.54, 1.807) is 7.11 Å². The second kappa shape index (κ2) is 15.2. The molecule has 7 nitrogen and oxygen atoms in total. The Morgan fingerprint density at radius 1 is 1.23 bits per heavy atom. The fourth-order valence-corrected chi connectivity index (χ4v) is 2.60. The quantitative estimate of drug-likeness (QED) is 0.207. The lowest BCUT2D eigenvalue weighted by Crippen LogP contribution is -2.41. The van der Waals surface area contributed by atoms with Gasteiger partial charge in [0.15, 0.2) is 5.96 Å². The van der Waals surface area contributed by atoms with Crippen LogP contribution in [0, 0.1) is 13.8 Å². The van der Waals surface area contributed by atoms with Crippen LogP contribution in [-0.4, -0.2) is 69.5 Å². The number of guanidine groups is 1. The van der Waals surface area contributed by atoms with Crippen molar-refractivity contribution < 1.29 is 9.26 Å². The van der Waals surface area contributed by atoms with Gasteiger partial charge in [0.2, 0.25) is 0 Å². The summed E-state index contributed by atoms with van der Waals surface area (Å²) in [5.74, 6) is 1.80. The average molecular weight is 481 g/mol. The Morgan fingerprint density at radius 3 is 2.62 bits per heavy atom. The van der Waals surface area contributed by atoms with E-state index < -0.39 is 0 Å². The van der Waals surface area contributed by atoms with Crippen molar-refractivity contribution in [1.82, 2.24) is 20.7 Å². The maximum absolute atomic E-state index is 5.20. The molecule has 1 heterocycles. The lowest BCUT2D eigenvalue weighted by atomic mass is 10.1. The normalized spacial score (nSPS) is 11.5. The Labute approximate surface area is 175 Å². The highest BCUT2D eigenvalue weighted by Gasteiger charge is 2.08. The van der Waals surface area contributed by atoms with E-state index in [0.717, 1.165) is 76.0 Å². The van der Waals surface area contributed by atoms with Crippen molar-refractivity contribution in [1.29, 1.82) is 0 Å². The van der Waals surface area contributed by atoms with Crippen LogP contribution in [0.3, 0.4) is 0 Å². The lowest BCUT2D eigenvalue weighted by molar-refractivity contribution is 0.180. The molecule has 0 radical (unpaired) electrons. The van der Waals surface area contributed by atoms with Gasteiger partial charge in [0, 0.05) is 52.0 Å². The summed E-state index contributed by atoms with van der Waals surface area (Å²) in [5, 5.41) is 10.7. The van der Waals surface area contributed by atoms with Gasteiger partial charge in [-0.1, -0.05) is 5.16 Å². The zero-order chi connectivity index (χ0) is 18.5. The highest BCUT2D eigenvalue weighted by Crippen LogP contribution is 2.14. The Bertz CT molecular complexity index is 488. The summed E-state index contributed by atoms with van der Waals surface area (Å²) >= 11 is 0. The molecule has 2 N–H and O–H groups in total. The van der Waals surface area contributed by atoms with E-state index in [-0.39, 0.29) is 24.0 Å². The largest absolute Gasteiger partial charge is 0.385 e. The summed E-state index contributed by atoms with van der Waals surface area (Å²) in [6.07, 6.45) is 2.99. The number of aryl methyl sites for hydroxylation is 2. The van der Waals surface area contributed by atoms with Gasteiger partial charge in [0.05, 0.1) is 5.69 Å². The number of halogens is 1. The van der Waals surface area contributed by atoms with Crippen molar-refractivity contribution in [2.24, 2.45) is 4.99 Å². The van der Waals surface area contributed by atoms with Crippen LogP contribution >= 0.6 is 24.0 Å². The molecule has 0 aliphatic carbocycles. The second-order valence-corrected chi connectivity index (χ2v) is 6.24. The fraction of sp³-hybridized carbons (Fsp3) is 0.778. The van der Waals surface area contributed by atoms with Gasteiger partial charge in [0.25, 0.3) is 0 Å². The van der Waals surface area contributed by atoms with E-state index in [0.29, 0.717) is 0 Å². The number of nitrogens with zero attached hydrogens (tertiary/aromatic N) is 3. The van der Waals surface area contributed by atoms with Crippen molar-refractivity contribution in [3.8, 4) is 0 Å². The fourth-order valence-electron chi connectivity index (χ4n) is 2.60. The first-order valence-corrected chi connectivity index (χ1v) is 9.19. The van der Waals surface area contributed by atoms with Crippen molar-refractivity contribution in [2.45, 2.75) is 40.0 Å². The smallest absolute Gasteiger partial charge is 0.191 e. The maximum Gasteiger partial charge on any atom is 0.191 e. The topological polar surface area (TPSA) is 74.9 Å². The number of aliphatic imine (C=N–C) groups is 1. The van der Waals surface area contributed by atoms with Gasteiger partial charge in [-0.2, -0.15) is 0 Å². The minimum absolute atomic E-state index is 0. The molecule has 0 spiro atoms. The number of hydrogen-bond donors (Lipinski definition) is 2. The molecule has 8 heteroatoms. The van der Waals surface area contributed by atoms with Crippen molar-refractivity contribution in [2.75, 3.05) is 53.5 Å². The molecular weight excluding hydrogens is 445 g/mol. The van der Waals surface area contributed by atoms with Crippen LogP contribution in [0.15, 0.2) is 9.52 Å². The SMILES string of the molecule is CCNC(=NCCCc1c(C)noc1C)NCCN(C)CCCOC.I. The molecule has 1 aromatic heterocycles. The third-order valence-corrected chi connectivity index (χ3v) is 4.05. The van der Waals surface area contributed by atoms with Gasteiger partial charge in [0.1, 0.15) is 5.76 Å². The van der Waals surface area contributed by atoms with Gasteiger partial charge in [-0.25, -0.2) is 0 Å². The molecule has 0 fully saturated rings. The molecular formula is C18H36IN5O2. The average Bonchev–Trinajstić information content (AvgIpc) is 2.90. The highest BCUT2D eigenvalue weighted by molar-refractivity contribution is 14.0. The zero-order valence-electron chi connectivity index (χ0n) is 16.9. The first kappa shape index (κ1) is 25.1. The minimum Gasteiger partial charge on any atom is -0.385 e. The summed E-state index contributed by atoms with van der Waals surface area (Å²) in [4.78, 5) is 6.95. The molecule has 0 atom stereocenters. The van der Waals surface area contributed by atoms with E-state index in [1.807, 2.05) is 13.8 Å². The molecule has 0 amide bonds. The molecule has 0 saturated heterocycles. The zero-order valence-corrected chi connectivity index (χ0v) is 19.3. The molecule has 0 unspecified atom stereocenters. The molecule has 0 aliphatic heterocycles. The molecule has 1 aromatic rings. The van der Waals surface area contributed by atoms with E-state index in [2.05, 4.69) is 39.7 Å². The van der Waals surface area contributed by atoms with Crippen LogP contribution in [-0.2, 0) is 11.2 Å². The number of nitrogens with one attached hydrogen (secondary N) is 2. The predicted molar refractivity (Wildman–Crippen MR) is 118 cm³/mol. The van der Waals surface area contributed by atoms with Gasteiger partial charge in [-0.3, -0.25) is 4.99 Å². The van der Waals surface area contributed by atoms with Crippen LogP contribution < -0.4 is 10.6 Å². The summed E-state index contributed by atoms with van der Waals surface area (Å²) in [6, 6.07) is 0. The minimum atomic E-state index is 0. The third-order valence-electron chi connectivity index (χ3n) is 4.05. The van der Waals surface area contributed by atoms with Crippen LogP contribution in [0.1, 0.15) is 36.8 Å². The van der Waals surface area contributed by atoms with Crippen LogP contribution in [0.2, 0.25) is 0 Å². The van der Waals surface area contributed by atoms with Crippen molar-refractivity contribution >= 4 is 29.9 Å². The van der Waals surface area contributed by atoms with E-state index in [4.69, 9.17) is 9.26 Å². The van der Waals surface area contributed by atoms with Gasteiger partial charge in [-0.15, -0.1) is 24.0 Å². The number of hydrogen-bond acceptors (Lipinski definition) is 5.